The lowest BCUT2D eigenvalue weighted by molar-refractivity contribution is -0.384. The van der Waals surface area contributed by atoms with Crippen molar-refractivity contribution in [2.75, 3.05) is 44.4 Å². The molecule has 0 saturated carbocycles. The van der Waals surface area contributed by atoms with Crippen LogP contribution < -0.4 is 4.90 Å². The van der Waals surface area contributed by atoms with Gasteiger partial charge in [0.15, 0.2) is 0 Å². The molecule has 0 atom stereocenters. The average molecular weight is 385 g/mol. The summed E-state index contributed by atoms with van der Waals surface area (Å²) in [6, 6.07) is 13.8. The van der Waals surface area contributed by atoms with E-state index in [1.54, 1.807) is 6.07 Å². The number of benzene rings is 2. The van der Waals surface area contributed by atoms with Gasteiger partial charge in [0.2, 0.25) is 0 Å². The highest BCUT2D eigenvalue weighted by atomic mass is 16.6. The fourth-order valence-corrected chi connectivity index (χ4v) is 3.24. The predicted molar refractivity (Wildman–Crippen MR) is 104 cm³/mol. The summed E-state index contributed by atoms with van der Waals surface area (Å²) in [4.78, 5) is 27.6. The van der Waals surface area contributed by atoms with E-state index in [0.29, 0.717) is 38.5 Å². The number of non-ortho nitro benzene ring substituents is 1. The molecule has 0 radical (unpaired) electrons. The minimum atomic E-state index is -0.506. The summed E-state index contributed by atoms with van der Waals surface area (Å²) in [7, 11) is 0. The molecule has 3 rings (SSSR count). The number of ether oxygens (including phenoxy) is 1. The Morgan fingerprint density at radius 2 is 1.89 bits per heavy atom. The Kier molecular flexibility index (Phi) is 6.57. The standard InChI is InChI=1S/C20H23N3O5/c24-11-8-22(15-16-4-2-1-3-5-16)20(25)18-14-17(23(26)27)6-7-19(18)21-9-12-28-13-10-21/h1-7,14,24H,8-13,15H2. The van der Waals surface area contributed by atoms with Crippen LogP contribution in [0.3, 0.4) is 0 Å². The van der Waals surface area contributed by atoms with Crippen LogP contribution in [-0.4, -0.2) is 60.3 Å². The van der Waals surface area contributed by atoms with Crippen LogP contribution in [0, 0.1) is 10.1 Å². The average Bonchev–Trinajstić information content (AvgIpc) is 2.74. The van der Waals surface area contributed by atoms with Gasteiger partial charge in [0.05, 0.1) is 36.0 Å². The van der Waals surface area contributed by atoms with E-state index in [2.05, 4.69) is 0 Å². The normalized spacial score (nSPS) is 14.0. The lowest BCUT2D eigenvalue weighted by Crippen LogP contribution is -2.39. The Morgan fingerprint density at radius 1 is 1.18 bits per heavy atom. The van der Waals surface area contributed by atoms with Gasteiger partial charge >= 0.3 is 0 Å². The maximum Gasteiger partial charge on any atom is 0.270 e. The van der Waals surface area contributed by atoms with Crippen LogP contribution in [-0.2, 0) is 11.3 Å². The van der Waals surface area contributed by atoms with E-state index in [4.69, 9.17) is 4.74 Å². The van der Waals surface area contributed by atoms with E-state index in [1.807, 2.05) is 35.2 Å². The molecule has 2 aromatic carbocycles. The Hall–Kier alpha value is -2.97. The number of carbonyl (C=O) groups is 1. The van der Waals surface area contributed by atoms with Gasteiger partial charge in [0.25, 0.3) is 11.6 Å². The van der Waals surface area contributed by atoms with Crippen LogP contribution >= 0.6 is 0 Å². The van der Waals surface area contributed by atoms with Gasteiger partial charge in [-0.3, -0.25) is 14.9 Å². The fourth-order valence-electron chi connectivity index (χ4n) is 3.24. The summed E-state index contributed by atoms with van der Waals surface area (Å²) in [5.74, 6) is -0.344. The molecule has 0 aromatic heterocycles. The molecule has 1 amide bonds. The first-order valence-corrected chi connectivity index (χ1v) is 9.15. The van der Waals surface area contributed by atoms with Crippen LogP contribution in [0.2, 0.25) is 0 Å². The van der Waals surface area contributed by atoms with Gasteiger partial charge in [-0.15, -0.1) is 0 Å². The monoisotopic (exact) mass is 385 g/mol. The minimum Gasteiger partial charge on any atom is -0.395 e. The minimum absolute atomic E-state index is 0.135. The van der Waals surface area contributed by atoms with Crippen molar-refractivity contribution in [2.24, 2.45) is 0 Å². The summed E-state index contributed by atoms with van der Waals surface area (Å²) < 4.78 is 5.37. The van der Waals surface area contributed by atoms with Crippen LogP contribution in [0.4, 0.5) is 11.4 Å². The molecule has 1 N–H and O–H groups in total. The molecule has 1 saturated heterocycles. The number of morpholine rings is 1. The molecule has 148 valence electrons. The van der Waals surface area contributed by atoms with Crippen molar-refractivity contribution < 1.29 is 19.6 Å². The lowest BCUT2D eigenvalue weighted by atomic mass is 10.1. The topological polar surface area (TPSA) is 96.1 Å². The number of carbonyl (C=O) groups excluding carboxylic acids is 1. The predicted octanol–water partition coefficient (Wildman–Crippen LogP) is 2.07. The molecule has 8 nitrogen and oxygen atoms in total. The van der Waals surface area contributed by atoms with E-state index >= 15 is 0 Å². The van der Waals surface area contributed by atoms with E-state index in [1.165, 1.54) is 17.0 Å². The molecular formula is C20H23N3O5. The van der Waals surface area contributed by atoms with Crippen LogP contribution in [0.25, 0.3) is 0 Å². The Balaban J connectivity index is 1.95. The van der Waals surface area contributed by atoms with E-state index < -0.39 is 4.92 Å². The largest absolute Gasteiger partial charge is 0.395 e. The maximum atomic E-state index is 13.3. The van der Waals surface area contributed by atoms with Crippen molar-refractivity contribution in [1.82, 2.24) is 4.90 Å². The molecule has 28 heavy (non-hydrogen) atoms. The third kappa shape index (κ3) is 4.65. The fraction of sp³-hybridized carbons (Fsp3) is 0.350. The molecule has 0 bridgehead atoms. The molecular weight excluding hydrogens is 362 g/mol. The SMILES string of the molecule is O=C(c1cc([N+](=O)[O-])ccc1N1CCOCC1)N(CCO)Cc1ccccc1. The number of aliphatic hydroxyl groups excluding tert-OH is 1. The lowest BCUT2D eigenvalue weighted by Gasteiger charge is -2.31. The maximum absolute atomic E-state index is 13.3. The second-order valence-corrected chi connectivity index (χ2v) is 6.49. The second-order valence-electron chi connectivity index (χ2n) is 6.49. The zero-order valence-electron chi connectivity index (χ0n) is 15.5. The number of nitro groups is 1. The highest BCUT2D eigenvalue weighted by Gasteiger charge is 2.25. The smallest absolute Gasteiger partial charge is 0.270 e. The van der Waals surface area contributed by atoms with Gasteiger partial charge in [0, 0.05) is 38.3 Å². The number of rotatable bonds is 7. The van der Waals surface area contributed by atoms with Gasteiger partial charge in [-0.1, -0.05) is 30.3 Å². The molecule has 0 aliphatic carbocycles. The number of amides is 1. The highest BCUT2D eigenvalue weighted by Crippen LogP contribution is 2.28. The summed E-state index contributed by atoms with van der Waals surface area (Å²) in [6.45, 7) is 2.54. The summed E-state index contributed by atoms with van der Waals surface area (Å²) in [5.41, 5.74) is 1.70. The van der Waals surface area contributed by atoms with E-state index in [0.717, 1.165) is 5.56 Å². The van der Waals surface area contributed by atoms with Crippen LogP contribution in [0.15, 0.2) is 48.5 Å². The number of aliphatic hydroxyl groups is 1. The van der Waals surface area contributed by atoms with Gasteiger partial charge in [-0.05, 0) is 11.6 Å². The van der Waals surface area contributed by atoms with Gasteiger partial charge in [-0.2, -0.15) is 0 Å². The first kappa shape index (κ1) is 19.8. The van der Waals surface area contributed by atoms with Gasteiger partial charge < -0.3 is 19.6 Å². The van der Waals surface area contributed by atoms with Crippen molar-refractivity contribution in [3.8, 4) is 0 Å². The third-order valence-electron chi connectivity index (χ3n) is 4.65. The molecule has 1 heterocycles. The molecule has 0 unspecified atom stereocenters. The Morgan fingerprint density at radius 3 is 2.54 bits per heavy atom. The third-order valence-corrected chi connectivity index (χ3v) is 4.65. The molecule has 1 fully saturated rings. The molecule has 8 heteroatoms. The summed E-state index contributed by atoms with van der Waals surface area (Å²) in [6.07, 6.45) is 0. The van der Waals surface area contributed by atoms with Gasteiger partial charge in [-0.25, -0.2) is 0 Å². The van der Waals surface area contributed by atoms with Crippen LogP contribution in [0.1, 0.15) is 15.9 Å². The quantitative estimate of drug-likeness (QED) is 0.579. The number of nitrogens with zero attached hydrogens (tertiary/aromatic N) is 3. The molecule has 2 aromatic rings. The van der Waals surface area contributed by atoms with Crippen LogP contribution in [0.5, 0.6) is 0 Å². The van der Waals surface area contributed by atoms with Crippen molar-refractivity contribution in [1.29, 1.82) is 0 Å². The van der Waals surface area contributed by atoms with Crippen molar-refractivity contribution in [3.05, 3.63) is 69.8 Å². The van der Waals surface area contributed by atoms with Gasteiger partial charge in [0.1, 0.15) is 0 Å². The second kappa shape index (κ2) is 9.29. The number of nitro benzene ring substituents is 1. The Bertz CT molecular complexity index is 822. The molecule has 1 aliphatic rings. The highest BCUT2D eigenvalue weighted by molar-refractivity contribution is 6.00. The first-order valence-electron chi connectivity index (χ1n) is 9.15. The summed E-state index contributed by atoms with van der Waals surface area (Å²) in [5, 5.41) is 20.7. The number of anilines is 1. The molecule has 0 spiro atoms. The summed E-state index contributed by atoms with van der Waals surface area (Å²) >= 11 is 0. The molecule has 1 aliphatic heterocycles. The van der Waals surface area contributed by atoms with E-state index in [-0.39, 0.29) is 30.3 Å². The van der Waals surface area contributed by atoms with Crippen molar-refractivity contribution in [2.45, 2.75) is 6.54 Å². The van der Waals surface area contributed by atoms with E-state index in [9.17, 15) is 20.0 Å². The zero-order chi connectivity index (χ0) is 19.9. The first-order chi connectivity index (χ1) is 13.6. The number of hydrogen-bond donors (Lipinski definition) is 1. The zero-order valence-corrected chi connectivity index (χ0v) is 15.5. The van der Waals surface area contributed by atoms with Crippen molar-refractivity contribution in [3.63, 3.8) is 0 Å². The van der Waals surface area contributed by atoms with Crippen molar-refractivity contribution >= 4 is 17.3 Å². The Labute approximate surface area is 163 Å². The number of hydrogen-bond acceptors (Lipinski definition) is 6.